The number of hydrogen-bond acceptors (Lipinski definition) is 4. The van der Waals surface area contributed by atoms with E-state index in [0.29, 0.717) is 0 Å². The van der Waals surface area contributed by atoms with Crippen LogP contribution in [0.2, 0.25) is 0 Å². The first-order chi connectivity index (χ1) is 8.61. The standard InChI is InChI=1S/C14H25N3O/c1-5-8-15-12(3)13-7-6-9-16-14(13)17(4)11(2)10-18/h6-7,9,11-12,15,18H,5,8,10H2,1-4H3. The van der Waals surface area contributed by atoms with E-state index >= 15 is 0 Å². The lowest BCUT2D eigenvalue weighted by Crippen LogP contribution is -2.34. The quantitative estimate of drug-likeness (QED) is 0.778. The average molecular weight is 251 g/mol. The van der Waals surface area contributed by atoms with E-state index in [9.17, 15) is 5.11 Å². The van der Waals surface area contributed by atoms with E-state index in [0.717, 1.165) is 18.8 Å². The monoisotopic (exact) mass is 251 g/mol. The summed E-state index contributed by atoms with van der Waals surface area (Å²) in [4.78, 5) is 6.48. The lowest BCUT2D eigenvalue weighted by atomic mass is 10.1. The van der Waals surface area contributed by atoms with Gasteiger partial charge >= 0.3 is 0 Å². The second kappa shape index (κ2) is 7.34. The van der Waals surface area contributed by atoms with Crippen LogP contribution in [-0.4, -0.2) is 36.3 Å². The molecule has 102 valence electrons. The summed E-state index contributed by atoms with van der Waals surface area (Å²) in [5, 5.41) is 12.7. The zero-order valence-electron chi connectivity index (χ0n) is 11.8. The van der Waals surface area contributed by atoms with Gasteiger partial charge in [0, 0.05) is 24.8 Å². The Kier molecular flexibility index (Phi) is 6.09. The average Bonchev–Trinajstić information content (AvgIpc) is 2.43. The van der Waals surface area contributed by atoms with Gasteiger partial charge in [0.1, 0.15) is 5.82 Å². The number of anilines is 1. The van der Waals surface area contributed by atoms with Crippen molar-refractivity contribution in [3.05, 3.63) is 23.9 Å². The zero-order valence-corrected chi connectivity index (χ0v) is 11.8. The summed E-state index contributed by atoms with van der Waals surface area (Å²) in [7, 11) is 1.97. The maximum absolute atomic E-state index is 9.25. The molecule has 0 saturated heterocycles. The molecule has 4 heteroatoms. The van der Waals surface area contributed by atoms with Crippen LogP contribution < -0.4 is 10.2 Å². The van der Waals surface area contributed by atoms with Gasteiger partial charge in [-0.15, -0.1) is 0 Å². The molecule has 0 aliphatic rings. The summed E-state index contributed by atoms with van der Waals surface area (Å²) in [6.07, 6.45) is 2.91. The maximum Gasteiger partial charge on any atom is 0.133 e. The van der Waals surface area contributed by atoms with Crippen LogP contribution in [0.4, 0.5) is 5.82 Å². The Bertz CT molecular complexity index is 357. The molecular weight excluding hydrogens is 226 g/mol. The predicted octanol–water partition coefficient (Wildman–Crippen LogP) is 1.96. The van der Waals surface area contributed by atoms with E-state index in [2.05, 4.69) is 30.2 Å². The highest BCUT2D eigenvalue weighted by atomic mass is 16.3. The zero-order chi connectivity index (χ0) is 13.5. The van der Waals surface area contributed by atoms with Gasteiger partial charge in [0.15, 0.2) is 0 Å². The molecule has 1 heterocycles. The Morgan fingerprint density at radius 2 is 2.17 bits per heavy atom. The van der Waals surface area contributed by atoms with Gasteiger partial charge in [-0.05, 0) is 32.9 Å². The third kappa shape index (κ3) is 3.68. The van der Waals surface area contributed by atoms with Gasteiger partial charge in [0.05, 0.1) is 12.6 Å². The highest BCUT2D eigenvalue weighted by molar-refractivity contribution is 5.48. The van der Waals surface area contributed by atoms with E-state index in [1.807, 2.05) is 24.9 Å². The summed E-state index contributed by atoms with van der Waals surface area (Å²) in [5.74, 6) is 0.940. The van der Waals surface area contributed by atoms with E-state index in [1.54, 1.807) is 6.20 Å². The minimum atomic E-state index is 0.0667. The van der Waals surface area contributed by atoms with Crippen molar-refractivity contribution in [2.75, 3.05) is 25.1 Å². The Morgan fingerprint density at radius 1 is 1.44 bits per heavy atom. The summed E-state index contributed by atoms with van der Waals surface area (Å²) in [5.41, 5.74) is 1.17. The van der Waals surface area contributed by atoms with Crippen LogP contribution in [0.5, 0.6) is 0 Å². The molecule has 0 radical (unpaired) electrons. The van der Waals surface area contributed by atoms with Crippen molar-refractivity contribution >= 4 is 5.82 Å². The first-order valence-corrected chi connectivity index (χ1v) is 6.63. The molecule has 0 fully saturated rings. The number of aromatic nitrogens is 1. The molecule has 0 aromatic carbocycles. The Labute approximate surface area is 110 Å². The van der Waals surface area contributed by atoms with Crippen molar-refractivity contribution in [1.82, 2.24) is 10.3 Å². The van der Waals surface area contributed by atoms with E-state index in [-0.39, 0.29) is 18.7 Å². The molecule has 0 aliphatic heterocycles. The second-order valence-electron chi connectivity index (χ2n) is 4.73. The van der Waals surface area contributed by atoms with Crippen LogP contribution in [0.25, 0.3) is 0 Å². The van der Waals surface area contributed by atoms with Gasteiger partial charge < -0.3 is 15.3 Å². The molecule has 0 bridgehead atoms. The van der Waals surface area contributed by atoms with Crippen LogP contribution >= 0.6 is 0 Å². The summed E-state index contributed by atoms with van der Waals surface area (Å²) in [6, 6.07) is 4.38. The van der Waals surface area contributed by atoms with Crippen molar-refractivity contribution < 1.29 is 5.11 Å². The largest absolute Gasteiger partial charge is 0.394 e. The molecule has 1 aromatic rings. The number of aliphatic hydroxyl groups is 1. The number of nitrogens with one attached hydrogen (secondary N) is 1. The van der Waals surface area contributed by atoms with Crippen LogP contribution in [0.15, 0.2) is 18.3 Å². The lowest BCUT2D eigenvalue weighted by Gasteiger charge is -2.28. The van der Waals surface area contributed by atoms with Crippen LogP contribution in [0.1, 0.15) is 38.8 Å². The first-order valence-electron chi connectivity index (χ1n) is 6.63. The van der Waals surface area contributed by atoms with Crippen molar-refractivity contribution in [2.24, 2.45) is 0 Å². The number of aliphatic hydroxyl groups excluding tert-OH is 1. The number of rotatable bonds is 7. The fourth-order valence-corrected chi connectivity index (χ4v) is 1.84. The van der Waals surface area contributed by atoms with E-state index < -0.39 is 0 Å². The molecule has 2 unspecified atom stereocenters. The first kappa shape index (κ1) is 14.9. The number of nitrogens with zero attached hydrogens (tertiary/aromatic N) is 2. The fourth-order valence-electron chi connectivity index (χ4n) is 1.84. The molecule has 0 spiro atoms. The molecule has 4 nitrogen and oxygen atoms in total. The molecule has 0 saturated carbocycles. The SMILES string of the molecule is CCCNC(C)c1cccnc1N(C)C(C)CO. The van der Waals surface area contributed by atoms with Crippen molar-refractivity contribution in [3.8, 4) is 0 Å². The topological polar surface area (TPSA) is 48.4 Å². The molecule has 0 amide bonds. The highest BCUT2D eigenvalue weighted by Crippen LogP contribution is 2.24. The van der Waals surface area contributed by atoms with Gasteiger partial charge in [-0.3, -0.25) is 0 Å². The lowest BCUT2D eigenvalue weighted by molar-refractivity contribution is 0.269. The third-order valence-corrected chi connectivity index (χ3v) is 3.24. The van der Waals surface area contributed by atoms with E-state index in [1.165, 1.54) is 5.56 Å². The molecule has 1 rings (SSSR count). The Morgan fingerprint density at radius 3 is 2.78 bits per heavy atom. The molecule has 2 atom stereocenters. The van der Waals surface area contributed by atoms with Gasteiger partial charge in [0.2, 0.25) is 0 Å². The normalized spacial score (nSPS) is 14.3. The van der Waals surface area contributed by atoms with Crippen molar-refractivity contribution in [2.45, 2.75) is 39.3 Å². The summed E-state index contributed by atoms with van der Waals surface area (Å²) >= 11 is 0. The minimum Gasteiger partial charge on any atom is -0.394 e. The number of likely N-dealkylation sites (N-methyl/N-ethyl adjacent to an activating group) is 1. The van der Waals surface area contributed by atoms with Crippen molar-refractivity contribution in [1.29, 1.82) is 0 Å². The van der Waals surface area contributed by atoms with Gasteiger partial charge in [0.25, 0.3) is 0 Å². The number of hydrogen-bond donors (Lipinski definition) is 2. The molecular formula is C14H25N3O. The molecule has 18 heavy (non-hydrogen) atoms. The summed E-state index contributed by atoms with van der Waals surface area (Å²) < 4.78 is 0. The van der Waals surface area contributed by atoms with Gasteiger partial charge in [-0.2, -0.15) is 0 Å². The third-order valence-electron chi connectivity index (χ3n) is 3.24. The number of pyridine rings is 1. The van der Waals surface area contributed by atoms with Crippen LogP contribution in [0, 0.1) is 0 Å². The second-order valence-corrected chi connectivity index (χ2v) is 4.73. The van der Waals surface area contributed by atoms with Gasteiger partial charge in [-0.25, -0.2) is 4.98 Å². The van der Waals surface area contributed by atoms with E-state index in [4.69, 9.17) is 0 Å². The van der Waals surface area contributed by atoms with Crippen molar-refractivity contribution in [3.63, 3.8) is 0 Å². The van der Waals surface area contributed by atoms with Crippen LogP contribution in [0.3, 0.4) is 0 Å². The van der Waals surface area contributed by atoms with Crippen LogP contribution in [-0.2, 0) is 0 Å². The maximum atomic E-state index is 9.25. The Hall–Kier alpha value is -1.13. The van der Waals surface area contributed by atoms with Gasteiger partial charge in [-0.1, -0.05) is 13.0 Å². The molecule has 1 aromatic heterocycles. The minimum absolute atomic E-state index is 0.0667. The molecule has 0 aliphatic carbocycles. The highest BCUT2D eigenvalue weighted by Gasteiger charge is 2.17. The smallest absolute Gasteiger partial charge is 0.133 e. The summed E-state index contributed by atoms with van der Waals surface area (Å²) in [6.45, 7) is 7.41. The Balaban J connectivity index is 2.91. The molecule has 2 N–H and O–H groups in total. The predicted molar refractivity (Wildman–Crippen MR) is 75.9 cm³/mol. The fraction of sp³-hybridized carbons (Fsp3) is 0.643.